The predicted molar refractivity (Wildman–Crippen MR) is 57.6 cm³/mol. The van der Waals surface area contributed by atoms with Crippen LogP contribution >= 0.6 is 15.9 Å². The number of hydrogen-bond donors (Lipinski definition) is 2. The second-order valence-corrected chi connectivity index (χ2v) is 4.18. The molecule has 1 aliphatic heterocycles. The van der Waals surface area contributed by atoms with Crippen LogP contribution in [0.3, 0.4) is 0 Å². The summed E-state index contributed by atoms with van der Waals surface area (Å²) in [4.78, 5) is 11.0. The van der Waals surface area contributed by atoms with E-state index >= 15 is 0 Å². The fraction of sp³-hybridized carbons (Fsp3) is 0.300. The third kappa shape index (κ3) is 2.23. The number of hydrogen-bond acceptors (Lipinski definition) is 3. The monoisotopic (exact) mass is 271 g/mol. The van der Waals surface area contributed by atoms with Crippen LogP contribution in [0.25, 0.3) is 0 Å². The Morgan fingerprint density at radius 1 is 1.53 bits per heavy atom. The number of cyclic esters (lactones) is 1. The molecule has 2 N–H and O–H groups in total. The summed E-state index contributed by atoms with van der Waals surface area (Å²) in [6.07, 6.45) is 0.287. The molecule has 1 saturated heterocycles. The first-order valence-corrected chi connectivity index (χ1v) is 5.38. The van der Waals surface area contributed by atoms with Crippen LogP contribution in [0.4, 0.5) is 4.79 Å². The highest BCUT2D eigenvalue weighted by molar-refractivity contribution is 9.10. The Morgan fingerprint density at radius 2 is 2.33 bits per heavy atom. The molecule has 0 aromatic heterocycles. The van der Waals surface area contributed by atoms with Crippen LogP contribution in [-0.4, -0.2) is 17.8 Å². The van der Waals surface area contributed by atoms with Crippen molar-refractivity contribution in [2.75, 3.05) is 6.61 Å². The van der Waals surface area contributed by atoms with Crippen LogP contribution in [0, 0.1) is 0 Å². The first-order chi connectivity index (χ1) is 7.16. The number of rotatable bonds is 1. The van der Waals surface area contributed by atoms with E-state index in [4.69, 9.17) is 4.74 Å². The molecule has 1 amide bonds. The van der Waals surface area contributed by atoms with Crippen LogP contribution in [0.15, 0.2) is 22.7 Å². The Bertz CT molecular complexity index is 394. The summed E-state index contributed by atoms with van der Waals surface area (Å²) in [5.74, 6) is 0.189. The maximum absolute atomic E-state index is 11.0. The molecule has 0 unspecified atom stereocenters. The van der Waals surface area contributed by atoms with E-state index in [1.165, 1.54) is 0 Å². The number of alkyl carbamates (subject to hydrolysis) is 1. The summed E-state index contributed by atoms with van der Waals surface area (Å²) >= 11 is 3.38. The number of amides is 1. The molecule has 0 saturated carbocycles. The first-order valence-electron chi connectivity index (χ1n) is 4.58. The number of aromatic hydroxyl groups is 1. The van der Waals surface area contributed by atoms with Crippen molar-refractivity contribution in [3.63, 3.8) is 0 Å². The number of ether oxygens (including phenoxy) is 1. The van der Waals surface area contributed by atoms with Crippen molar-refractivity contribution in [1.82, 2.24) is 5.32 Å². The molecule has 2 rings (SSSR count). The molecule has 0 bridgehead atoms. The van der Waals surface area contributed by atoms with Gasteiger partial charge >= 0.3 is 6.09 Å². The van der Waals surface area contributed by atoms with E-state index in [1.54, 1.807) is 18.2 Å². The van der Waals surface area contributed by atoms with Crippen molar-refractivity contribution in [1.29, 1.82) is 0 Å². The van der Waals surface area contributed by atoms with Gasteiger partial charge < -0.3 is 15.2 Å². The molecule has 1 fully saturated rings. The van der Waals surface area contributed by atoms with Gasteiger partial charge in [0, 0.05) is 10.9 Å². The van der Waals surface area contributed by atoms with Crippen molar-refractivity contribution >= 4 is 22.0 Å². The first kappa shape index (κ1) is 10.3. The van der Waals surface area contributed by atoms with Crippen molar-refractivity contribution in [2.45, 2.75) is 12.5 Å². The van der Waals surface area contributed by atoms with Gasteiger partial charge in [0.05, 0.1) is 12.6 Å². The third-order valence-corrected chi connectivity index (χ3v) is 3.01. The largest absolute Gasteiger partial charge is 0.508 e. The van der Waals surface area contributed by atoms with Gasteiger partial charge in [0.15, 0.2) is 0 Å². The Morgan fingerprint density at radius 3 is 3.07 bits per heavy atom. The third-order valence-electron chi connectivity index (χ3n) is 2.29. The van der Waals surface area contributed by atoms with Gasteiger partial charge in [0.25, 0.3) is 0 Å². The summed E-state index contributed by atoms with van der Waals surface area (Å²) in [5, 5.41) is 12.1. The maximum Gasteiger partial charge on any atom is 0.407 e. The second-order valence-electron chi connectivity index (χ2n) is 3.33. The minimum Gasteiger partial charge on any atom is -0.508 e. The van der Waals surface area contributed by atoms with Gasteiger partial charge in [-0.1, -0.05) is 15.9 Å². The summed E-state index contributed by atoms with van der Waals surface area (Å²) in [7, 11) is 0. The Labute approximate surface area is 95.4 Å². The van der Waals surface area contributed by atoms with E-state index < -0.39 is 6.09 Å². The average Bonchev–Trinajstić information content (AvgIpc) is 2.22. The van der Waals surface area contributed by atoms with Gasteiger partial charge in [0.1, 0.15) is 5.75 Å². The zero-order chi connectivity index (χ0) is 10.8. The predicted octanol–water partition coefficient (Wildman–Crippen LogP) is 2.33. The fourth-order valence-electron chi connectivity index (χ4n) is 1.56. The van der Waals surface area contributed by atoms with Crippen LogP contribution < -0.4 is 5.32 Å². The summed E-state index contributed by atoms with van der Waals surface area (Å²) in [6.45, 7) is 0.401. The SMILES string of the molecule is O=C1N[C@H](c2cc(O)ccc2Br)CCO1. The van der Waals surface area contributed by atoms with Crippen LogP contribution in [0.2, 0.25) is 0 Å². The lowest BCUT2D eigenvalue weighted by molar-refractivity contribution is 0.115. The molecule has 0 aliphatic carbocycles. The molecule has 0 spiro atoms. The fourth-order valence-corrected chi connectivity index (χ4v) is 2.08. The number of benzene rings is 1. The van der Waals surface area contributed by atoms with Gasteiger partial charge in [-0.15, -0.1) is 0 Å². The van der Waals surface area contributed by atoms with Crippen molar-refractivity contribution in [3.8, 4) is 5.75 Å². The second kappa shape index (κ2) is 4.10. The molecule has 5 heteroatoms. The van der Waals surface area contributed by atoms with E-state index in [2.05, 4.69) is 21.2 Å². The van der Waals surface area contributed by atoms with Gasteiger partial charge in [-0.05, 0) is 23.8 Å². The van der Waals surface area contributed by atoms with Crippen LogP contribution in [-0.2, 0) is 4.74 Å². The Hall–Kier alpha value is -1.23. The zero-order valence-electron chi connectivity index (χ0n) is 7.87. The molecule has 1 aromatic carbocycles. The average molecular weight is 272 g/mol. The molecule has 15 heavy (non-hydrogen) atoms. The lowest BCUT2D eigenvalue weighted by atomic mass is 10.0. The van der Waals surface area contributed by atoms with Gasteiger partial charge in [0.2, 0.25) is 0 Å². The van der Waals surface area contributed by atoms with E-state index in [0.717, 1.165) is 10.0 Å². The van der Waals surface area contributed by atoms with E-state index in [9.17, 15) is 9.90 Å². The molecule has 0 radical (unpaired) electrons. The molecule has 1 aliphatic rings. The van der Waals surface area contributed by atoms with Crippen LogP contribution in [0.5, 0.6) is 5.75 Å². The Balaban J connectivity index is 2.27. The van der Waals surface area contributed by atoms with Crippen molar-refractivity contribution in [2.24, 2.45) is 0 Å². The van der Waals surface area contributed by atoms with E-state index in [1.807, 2.05) is 0 Å². The van der Waals surface area contributed by atoms with Gasteiger partial charge in [-0.25, -0.2) is 4.79 Å². The van der Waals surface area contributed by atoms with E-state index in [-0.39, 0.29) is 11.8 Å². The molecule has 1 heterocycles. The smallest absolute Gasteiger partial charge is 0.407 e. The highest BCUT2D eigenvalue weighted by Gasteiger charge is 2.22. The Kier molecular flexibility index (Phi) is 2.81. The topological polar surface area (TPSA) is 58.6 Å². The number of carbonyl (C=O) groups is 1. The van der Waals surface area contributed by atoms with E-state index in [0.29, 0.717) is 13.0 Å². The van der Waals surface area contributed by atoms with Crippen molar-refractivity contribution in [3.05, 3.63) is 28.2 Å². The zero-order valence-corrected chi connectivity index (χ0v) is 9.45. The molecule has 1 aromatic rings. The summed E-state index contributed by atoms with van der Waals surface area (Å²) < 4.78 is 5.64. The minimum absolute atomic E-state index is 0.104. The number of phenolic OH excluding ortho intramolecular Hbond substituents is 1. The number of nitrogens with one attached hydrogen (secondary N) is 1. The summed E-state index contributed by atoms with van der Waals surface area (Å²) in [5.41, 5.74) is 0.867. The number of phenols is 1. The highest BCUT2D eigenvalue weighted by Crippen LogP contribution is 2.30. The van der Waals surface area contributed by atoms with Gasteiger partial charge in [-0.2, -0.15) is 0 Å². The van der Waals surface area contributed by atoms with Crippen LogP contribution in [0.1, 0.15) is 18.0 Å². The van der Waals surface area contributed by atoms with Crippen molar-refractivity contribution < 1.29 is 14.6 Å². The lowest BCUT2D eigenvalue weighted by Gasteiger charge is -2.24. The number of carbonyl (C=O) groups excluding carboxylic acids is 1. The number of halogens is 1. The highest BCUT2D eigenvalue weighted by atomic mass is 79.9. The minimum atomic E-state index is -0.415. The molecular formula is C10H10BrNO3. The lowest BCUT2D eigenvalue weighted by Crippen LogP contribution is -2.35. The summed E-state index contributed by atoms with van der Waals surface area (Å²) in [6, 6.07) is 4.88. The molecule has 80 valence electrons. The molecule has 1 atom stereocenters. The normalized spacial score (nSPS) is 20.6. The maximum atomic E-state index is 11.0. The molecule has 4 nitrogen and oxygen atoms in total. The molecular weight excluding hydrogens is 262 g/mol. The quantitative estimate of drug-likeness (QED) is 0.824. The van der Waals surface area contributed by atoms with Gasteiger partial charge in [-0.3, -0.25) is 0 Å². The standard InChI is InChI=1S/C10H10BrNO3/c11-8-2-1-6(13)5-7(8)9-3-4-15-10(14)12-9/h1-2,5,9,13H,3-4H2,(H,12,14)/t9-/m0/s1.